The molecule has 3 atom stereocenters. The van der Waals surface area contributed by atoms with Crippen LogP contribution < -0.4 is 9.64 Å². The smallest absolute Gasteiger partial charge is 0.410 e. The van der Waals surface area contributed by atoms with Crippen molar-refractivity contribution in [1.29, 1.82) is 0 Å². The lowest BCUT2D eigenvalue weighted by atomic mass is 9.94. The van der Waals surface area contributed by atoms with Crippen molar-refractivity contribution in [3.63, 3.8) is 0 Å². The Balaban J connectivity index is 1.15. The molecule has 10 nitrogen and oxygen atoms in total. The van der Waals surface area contributed by atoms with Crippen molar-refractivity contribution in [2.75, 3.05) is 51.3 Å². The molecule has 242 valence electrons. The number of anilines is 1. The highest BCUT2D eigenvalue weighted by molar-refractivity contribution is 5.86. The van der Waals surface area contributed by atoms with Gasteiger partial charge in [0.1, 0.15) is 25.1 Å². The highest BCUT2D eigenvalue weighted by Crippen LogP contribution is 2.38. The molecule has 1 amide bonds. The fraction of sp³-hybridized carbons (Fsp3) is 0.405. The molecule has 4 aromatic rings. The topological polar surface area (TPSA) is 84.6 Å². The van der Waals surface area contributed by atoms with Gasteiger partial charge in [-0.1, -0.05) is 72.8 Å². The fourth-order valence-electron chi connectivity index (χ4n) is 7.00. The lowest BCUT2D eigenvalue weighted by Crippen LogP contribution is -2.57. The molecular formula is C37H40N6O4. The van der Waals surface area contributed by atoms with Gasteiger partial charge in [0.05, 0.1) is 18.4 Å². The summed E-state index contributed by atoms with van der Waals surface area (Å²) < 4.78 is 18.5. The van der Waals surface area contributed by atoms with Gasteiger partial charge in [0.15, 0.2) is 0 Å². The number of fused-ring (bicyclic) bond motifs is 2. The predicted molar refractivity (Wildman–Crippen MR) is 179 cm³/mol. The van der Waals surface area contributed by atoms with Crippen molar-refractivity contribution in [3.05, 3.63) is 107 Å². The van der Waals surface area contributed by atoms with Crippen LogP contribution in [-0.2, 0) is 29.1 Å². The summed E-state index contributed by atoms with van der Waals surface area (Å²) in [5.41, 5.74) is 3.92. The minimum atomic E-state index is -0.405. The molecule has 4 heterocycles. The number of hydrogen-bond acceptors (Lipinski definition) is 8. The minimum Gasteiger partial charge on any atom is -0.462 e. The van der Waals surface area contributed by atoms with Crippen LogP contribution in [0.2, 0.25) is 0 Å². The number of carbonyl (C=O) groups excluding carboxylic acids is 1. The second-order valence-corrected chi connectivity index (χ2v) is 12.6. The largest absolute Gasteiger partial charge is 0.462 e. The van der Waals surface area contributed by atoms with E-state index in [1.165, 1.54) is 10.8 Å². The molecule has 7 rings (SSSR count). The summed E-state index contributed by atoms with van der Waals surface area (Å²) in [4.78, 5) is 33.0. The first kappa shape index (κ1) is 30.9. The van der Waals surface area contributed by atoms with Crippen molar-refractivity contribution in [2.24, 2.45) is 0 Å². The molecule has 3 aliphatic heterocycles. The average Bonchev–Trinajstić information content (AvgIpc) is 3.53. The number of aromatic nitrogens is 2. The fourth-order valence-corrected chi connectivity index (χ4v) is 7.00. The Labute approximate surface area is 275 Å². The van der Waals surface area contributed by atoms with Crippen LogP contribution in [-0.4, -0.2) is 84.3 Å². The number of rotatable bonds is 8. The van der Waals surface area contributed by atoms with Gasteiger partial charge in [-0.3, -0.25) is 4.90 Å². The molecule has 0 spiro atoms. The summed E-state index contributed by atoms with van der Waals surface area (Å²) in [5, 5.41) is 2.36. The van der Waals surface area contributed by atoms with Gasteiger partial charge in [-0.25, -0.2) is 11.4 Å². The third-order valence-electron chi connectivity index (χ3n) is 9.63. The molecule has 1 aromatic heterocycles. The quantitative estimate of drug-likeness (QED) is 0.230. The number of benzene rings is 3. The van der Waals surface area contributed by atoms with E-state index in [9.17, 15) is 4.79 Å². The maximum atomic E-state index is 13.2. The lowest BCUT2D eigenvalue weighted by molar-refractivity contribution is 0.0263. The average molecular weight is 633 g/mol. The number of amides is 1. The molecule has 10 heteroatoms. The Morgan fingerprint density at radius 2 is 1.83 bits per heavy atom. The first-order valence-corrected chi connectivity index (χ1v) is 16.4. The molecule has 47 heavy (non-hydrogen) atoms. The highest BCUT2D eigenvalue weighted by Gasteiger charge is 2.37. The van der Waals surface area contributed by atoms with E-state index in [1.54, 1.807) is 4.90 Å². The van der Waals surface area contributed by atoms with Crippen LogP contribution in [0.3, 0.4) is 0 Å². The molecule has 1 unspecified atom stereocenters. The van der Waals surface area contributed by atoms with E-state index in [0.717, 1.165) is 47.6 Å². The van der Waals surface area contributed by atoms with E-state index in [1.807, 2.05) is 30.3 Å². The second-order valence-electron chi connectivity index (χ2n) is 12.6. The normalized spacial score (nSPS) is 21.3. The molecule has 0 aliphatic carbocycles. The lowest BCUT2D eigenvalue weighted by Gasteiger charge is -2.40. The number of hydrogen-bond donors (Lipinski definition) is 0. The summed E-state index contributed by atoms with van der Waals surface area (Å²) in [6.07, 6.45) is 2.28. The van der Waals surface area contributed by atoms with Crippen LogP contribution in [0.5, 0.6) is 6.01 Å². The Bertz CT molecular complexity index is 1760. The molecule has 3 aliphatic rings. The molecule has 0 radical (unpaired) electrons. The summed E-state index contributed by atoms with van der Waals surface area (Å²) in [6, 6.07) is 24.7. The minimum absolute atomic E-state index is 0.156. The van der Waals surface area contributed by atoms with Gasteiger partial charge in [-0.2, -0.15) is 9.97 Å². The summed E-state index contributed by atoms with van der Waals surface area (Å²) in [5.74, 6) is 0.758. The third-order valence-corrected chi connectivity index (χ3v) is 9.63. The van der Waals surface area contributed by atoms with Crippen molar-refractivity contribution >= 4 is 22.7 Å². The maximum Gasteiger partial charge on any atom is 0.410 e. The predicted octanol–water partition coefficient (Wildman–Crippen LogP) is 5.66. The van der Waals surface area contributed by atoms with E-state index in [0.29, 0.717) is 51.3 Å². The standard InChI is InChI=1S/C37H40N6O4/c1-38-21-29-22-42(18-19-43(29)37(44)47-23-26-10-4-3-5-11-26)35-32-25-45-34(31-16-8-13-27-12-6-7-15-30(27)31)20-33(32)39-36(40-35)46-24-28-14-9-17-41(28)2/h3-8,10-13,15-16,28-29,34H,9,14,17-25H2,2H3/t28-,29-,34?/m0/s1. The van der Waals surface area contributed by atoms with Gasteiger partial charge >= 0.3 is 12.1 Å². The van der Waals surface area contributed by atoms with Crippen molar-refractivity contribution in [2.45, 2.75) is 50.7 Å². The Morgan fingerprint density at radius 3 is 2.66 bits per heavy atom. The molecule has 0 bridgehead atoms. The van der Waals surface area contributed by atoms with Crippen LogP contribution in [0.1, 0.15) is 41.3 Å². The zero-order valence-electron chi connectivity index (χ0n) is 26.8. The third kappa shape index (κ3) is 6.73. The number of ether oxygens (including phenoxy) is 3. The van der Waals surface area contributed by atoms with Crippen molar-refractivity contribution in [3.8, 4) is 6.01 Å². The van der Waals surface area contributed by atoms with E-state index >= 15 is 0 Å². The van der Waals surface area contributed by atoms with Gasteiger partial charge in [0, 0.05) is 37.7 Å². The Morgan fingerprint density at radius 1 is 1.00 bits per heavy atom. The SMILES string of the molecule is [C-]#[N+]C[C@H]1CN(c2nc(OC[C@@H]3CCCN3C)nc3c2COC(c2cccc4ccccc24)C3)CCN1C(=O)OCc1ccccc1. The van der Waals surface area contributed by atoms with Crippen LogP contribution in [0, 0.1) is 6.57 Å². The molecule has 3 aromatic carbocycles. The zero-order valence-corrected chi connectivity index (χ0v) is 26.8. The molecule has 0 N–H and O–H groups in total. The first-order chi connectivity index (χ1) is 23.1. The van der Waals surface area contributed by atoms with Gasteiger partial charge < -0.3 is 28.9 Å². The van der Waals surface area contributed by atoms with Gasteiger partial charge in [0.2, 0.25) is 6.54 Å². The molecule has 2 saturated heterocycles. The summed E-state index contributed by atoms with van der Waals surface area (Å²) >= 11 is 0. The monoisotopic (exact) mass is 632 g/mol. The van der Waals surface area contributed by atoms with E-state index in [-0.39, 0.29) is 25.3 Å². The van der Waals surface area contributed by atoms with Gasteiger partial charge in [0.25, 0.3) is 0 Å². The van der Waals surface area contributed by atoms with Crippen LogP contribution in [0.25, 0.3) is 15.6 Å². The van der Waals surface area contributed by atoms with Crippen molar-refractivity contribution < 1.29 is 19.0 Å². The zero-order chi connectivity index (χ0) is 32.2. The molecular weight excluding hydrogens is 592 g/mol. The number of likely N-dealkylation sites (tertiary alicyclic amines) is 1. The number of piperazine rings is 1. The first-order valence-electron chi connectivity index (χ1n) is 16.4. The molecule has 0 saturated carbocycles. The van der Waals surface area contributed by atoms with Gasteiger partial charge in [-0.05, 0) is 48.3 Å². The number of carbonyl (C=O) groups is 1. The van der Waals surface area contributed by atoms with Crippen LogP contribution in [0.4, 0.5) is 10.6 Å². The van der Waals surface area contributed by atoms with E-state index in [2.05, 4.69) is 64.2 Å². The van der Waals surface area contributed by atoms with Crippen LogP contribution >= 0.6 is 0 Å². The highest BCUT2D eigenvalue weighted by atomic mass is 16.6. The maximum absolute atomic E-state index is 13.2. The van der Waals surface area contributed by atoms with Crippen molar-refractivity contribution in [1.82, 2.24) is 19.8 Å². The van der Waals surface area contributed by atoms with Crippen LogP contribution in [0.15, 0.2) is 72.8 Å². The summed E-state index contributed by atoms with van der Waals surface area (Å²) in [7, 11) is 2.13. The van der Waals surface area contributed by atoms with E-state index < -0.39 is 6.09 Å². The number of nitrogens with zero attached hydrogens (tertiary/aromatic N) is 6. The Kier molecular flexibility index (Phi) is 9.18. The Hall–Kier alpha value is -4.72. The molecule has 2 fully saturated rings. The van der Waals surface area contributed by atoms with Gasteiger partial charge in [-0.15, -0.1) is 0 Å². The second kappa shape index (κ2) is 14.0. The summed E-state index contributed by atoms with van der Waals surface area (Å²) in [6.45, 7) is 11.3. The number of likely N-dealkylation sites (N-methyl/N-ethyl adjacent to an activating group) is 1. The van der Waals surface area contributed by atoms with E-state index in [4.69, 9.17) is 30.8 Å².